The smallest absolute Gasteiger partial charge is 0.407 e. The second-order valence-electron chi connectivity index (χ2n) is 16.3. The highest BCUT2D eigenvalue weighted by Gasteiger charge is 2.39. The Morgan fingerprint density at radius 2 is 1.58 bits per heavy atom. The van der Waals surface area contributed by atoms with Crippen LogP contribution in [-0.4, -0.2) is 85.7 Å². The van der Waals surface area contributed by atoms with Crippen LogP contribution in [0, 0.1) is 11.8 Å². The summed E-state index contributed by atoms with van der Waals surface area (Å²) in [6.07, 6.45) is 7.03. The summed E-state index contributed by atoms with van der Waals surface area (Å²) in [6, 6.07) is 13.2. The number of alkyl carbamates (subject to hydrolysis) is 1. The molecule has 6 N–H and O–H groups in total. The number of nitrogens with zero attached hydrogens (tertiary/aromatic N) is 3. The number of H-pyrrole nitrogens is 2. The predicted molar refractivity (Wildman–Crippen MR) is 215 cm³/mol. The zero-order valence-corrected chi connectivity index (χ0v) is 33.4. The Hall–Kier alpha value is -5.66. The molecule has 5 atom stereocenters. The van der Waals surface area contributed by atoms with Gasteiger partial charge in [-0.15, -0.1) is 0 Å². The summed E-state index contributed by atoms with van der Waals surface area (Å²) in [5.74, 6) is 0.911. The number of ether oxygens (including phenoxy) is 1. The molecule has 57 heavy (non-hydrogen) atoms. The zero-order valence-electron chi connectivity index (χ0n) is 33.4. The molecule has 14 heteroatoms. The molecule has 4 amide bonds. The first kappa shape index (κ1) is 39.6. The summed E-state index contributed by atoms with van der Waals surface area (Å²) < 4.78 is 4.80. The van der Waals surface area contributed by atoms with Gasteiger partial charge in [0.15, 0.2) is 0 Å². The van der Waals surface area contributed by atoms with E-state index in [2.05, 4.69) is 68.4 Å². The van der Waals surface area contributed by atoms with Gasteiger partial charge in [-0.05, 0) is 79.0 Å². The molecule has 0 spiro atoms. The topological polar surface area (TPSA) is 194 Å². The first-order valence-electron chi connectivity index (χ1n) is 20.2. The van der Waals surface area contributed by atoms with Gasteiger partial charge in [0.05, 0.1) is 36.4 Å². The van der Waals surface area contributed by atoms with E-state index in [1.807, 2.05) is 38.8 Å². The van der Waals surface area contributed by atoms with Crippen molar-refractivity contribution in [2.45, 2.75) is 109 Å². The van der Waals surface area contributed by atoms with Crippen LogP contribution in [0.2, 0.25) is 0 Å². The third kappa shape index (κ3) is 8.40. The Morgan fingerprint density at radius 1 is 0.842 bits per heavy atom. The number of likely N-dealkylation sites (tertiary alicyclic amines) is 1. The van der Waals surface area contributed by atoms with Gasteiger partial charge in [-0.3, -0.25) is 9.59 Å². The molecule has 1 saturated heterocycles. The Labute approximate surface area is 333 Å². The third-order valence-corrected chi connectivity index (χ3v) is 11.8. The number of carboxylic acid groups (broad SMARTS) is 1. The molecule has 0 unspecified atom stereocenters. The van der Waals surface area contributed by atoms with Crippen LogP contribution in [-0.2, 0) is 27.2 Å². The number of fused-ring (bicyclic) bond motifs is 3. The Morgan fingerprint density at radius 3 is 2.30 bits per heavy atom. The summed E-state index contributed by atoms with van der Waals surface area (Å²) in [5, 5.41) is 17.4. The van der Waals surface area contributed by atoms with E-state index in [1.165, 1.54) is 12.7 Å². The molecular weight excluding hydrogens is 725 g/mol. The summed E-state index contributed by atoms with van der Waals surface area (Å²) in [5.41, 5.74) is 8.55. The van der Waals surface area contributed by atoms with E-state index in [0.29, 0.717) is 6.54 Å². The molecule has 1 saturated carbocycles. The maximum absolute atomic E-state index is 13.7. The van der Waals surface area contributed by atoms with E-state index in [0.717, 1.165) is 102 Å². The quantitative estimate of drug-likeness (QED) is 0.0967. The van der Waals surface area contributed by atoms with Gasteiger partial charge in [0.1, 0.15) is 23.7 Å². The molecule has 1 aliphatic heterocycles. The van der Waals surface area contributed by atoms with E-state index in [-0.39, 0.29) is 41.7 Å². The molecule has 0 bridgehead atoms. The van der Waals surface area contributed by atoms with Crippen LogP contribution in [0.15, 0.2) is 48.7 Å². The summed E-state index contributed by atoms with van der Waals surface area (Å²) in [7, 11) is 1.30. The summed E-state index contributed by atoms with van der Waals surface area (Å²) in [4.78, 5) is 68.9. The van der Waals surface area contributed by atoms with Crippen molar-refractivity contribution in [2.24, 2.45) is 11.8 Å². The Balaban J connectivity index is 1.05. The number of amides is 4. The number of rotatable bonds is 11. The van der Waals surface area contributed by atoms with Crippen molar-refractivity contribution < 1.29 is 29.0 Å². The highest BCUT2D eigenvalue weighted by molar-refractivity contribution is 5.87. The van der Waals surface area contributed by atoms with Gasteiger partial charge >= 0.3 is 12.2 Å². The molecule has 2 aromatic carbocycles. The first-order chi connectivity index (χ1) is 27.4. The van der Waals surface area contributed by atoms with E-state index in [4.69, 9.17) is 14.7 Å². The molecule has 2 aliphatic carbocycles. The average Bonchev–Trinajstić information content (AvgIpc) is 4.02. The normalized spacial score (nSPS) is 20.1. The second-order valence-corrected chi connectivity index (χ2v) is 16.3. The second kappa shape index (κ2) is 16.8. The first-order valence-corrected chi connectivity index (χ1v) is 20.2. The largest absolute Gasteiger partial charge is 0.465 e. The lowest BCUT2D eigenvalue weighted by Gasteiger charge is -2.30. The van der Waals surface area contributed by atoms with Crippen LogP contribution in [0.1, 0.15) is 101 Å². The van der Waals surface area contributed by atoms with Crippen LogP contribution in [0.4, 0.5) is 9.59 Å². The molecule has 0 radical (unpaired) electrons. The molecule has 3 heterocycles. The van der Waals surface area contributed by atoms with Gasteiger partial charge < -0.3 is 40.7 Å². The van der Waals surface area contributed by atoms with E-state index in [9.17, 15) is 24.3 Å². The molecule has 2 fully saturated rings. The molecule has 302 valence electrons. The van der Waals surface area contributed by atoms with Crippen molar-refractivity contribution >= 4 is 24.0 Å². The molecule has 14 nitrogen and oxygen atoms in total. The van der Waals surface area contributed by atoms with E-state index < -0.39 is 24.3 Å². The SMILES string of the molecule is COC(=O)N[C@H](C(=O)N1CCC[C@H]1c1nc2c([nH]1)-c1ccc(-c3ccc(-c4cnc([C@H]5CCC[C@H]5NC(=O)[C@@H](NC(=O)O)C(C)C)[nH]4)cc3)cc1CCC2)C(C)C. The average molecular weight is 779 g/mol. The number of aromatic amines is 2. The van der Waals surface area contributed by atoms with Gasteiger partial charge in [-0.2, -0.15) is 0 Å². The highest BCUT2D eigenvalue weighted by atomic mass is 16.5. The van der Waals surface area contributed by atoms with Crippen LogP contribution in [0.5, 0.6) is 0 Å². The molecular formula is C43H54N8O6. The summed E-state index contributed by atoms with van der Waals surface area (Å²) in [6.45, 7) is 8.09. The molecule has 7 rings (SSSR count). The minimum atomic E-state index is -1.21. The van der Waals surface area contributed by atoms with Gasteiger partial charge in [0, 0.05) is 24.1 Å². The van der Waals surface area contributed by atoms with Crippen molar-refractivity contribution in [3.8, 4) is 33.6 Å². The lowest BCUT2D eigenvalue weighted by atomic mass is 9.95. The van der Waals surface area contributed by atoms with Crippen LogP contribution in [0.25, 0.3) is 33.6 Å². The minimum absolute atomic E-state index is 0.0119. The molecule has 4 aromatic rings. The number of imidazole rings is 2. The number of carbonyl (C=O) groups is 4. The van der Waals surface area contributed by atoms with Crippen LogP contribution in [0.3, 0.4) is 0 Å². The van der Waals surface area contributed by atoms with Gasteiger partial charge in [-0.25, -0.2) is 19.6 Å². The van der Waals surface area contributed by atoms with Crippen molar-refractivity contribution in [3.05, 3.63) is 71.6 Å². The lowest BCUT2D eigenvalue weighted by Crippen LogP contribution is -2.52. The maximum atomic E-state index is 13.7. The van der Waals surface area contributed by atoms with E-state index in [1.54, 1.807) is 0 Å². The molecule has 3 aliphatic rings. The number of hydrogen-bond donors (Lipinski definition) is 6. The number of nitrogens with one attached hydrogen (secondary N) is 5. The minimum Gasteiger partial charge on any atom is -0.465 e. The van der Waals surface area contributed by atoms with Crippen LogP contribution < -0.4 is 16.0 Å². The third-order valence-electron chi connectivity index (χ3n) is 11.8. The number of aromatic nitrogens is 4. The van der Waals surface area contributed by atoms with Crippen LogP contribution >= 0.6 is 0 Å². The van der Waals surface area contributed by atoms with E-state index >= 15 is 0 Å². The number of carbonyl (C=O) groups excluding carboxylic acids is 3. The fourth-order valence-corrected chi connectivity index (χ4v) is 8.77. The van der Waals surface area contributed by atoms with Crippen molar-refractivity contribution in [2.75, 3.05) is 13.7 Å². The number of aryl methyl sites for hydroxylation is 2. The highest BCUT2D eigenvalue weighted by Crippen LogP contribution is 2.39. The summed E-state index contributed by atoms with van der Waals surface area (Å²) >= 11 is 0. The lowest BCUT2D eigenvalue weighted by molar-refractivity contribution is -0.135. The fourth-order valence-electron chi connectivity index (χ4n) is 8.77. The Kier molecular flexibility index (Phi) is 11.7. The van der Waals surface area contributed by atoms with Gasteiger partial charge in [0.25, 0.3) is 0 Å². The van der Waals surface area contributed by atoms with Gasteiger partial charge in [-0.1, -0.05) is 76.6 Å². The number of methoxy groups -OCH3 is 1. The predicted octanol–water partition coefficient (Wildman–Crippen LogP) is 6.71. The van der Waals surface area contributed by atoms with Crippen molar-refractivity contribution in [1.29, 1.82) is 0 Å². The standard InChI is InChI=1S/C43H54N8O6/c1-23(2)35(49-42(54)55)40(52)47-31-11-7-10-30(31)38-44-22-33(46-38)26-16-14-25(15-17-26)27-18-19-29-28(21-27)9-6-12-32-37(29)48-39(45-32)34-13-8-20-51(34)41(53)36(24(3)4)50-43(56)57-5/h14-19,21-24,30-31,34-36,49H,6-13,20H2,1-5H3,(H,44,46)(H,45,48)(H,47,52)(H,50,56)(H,54,55)/t30-,31+,34-,35-,36-/m0/s1. The fraction of sp³-hybridized carbons (Fsp3) is 0.488. The zero-order chi connectivity index (χ0) is 40.4. The number of hydrogen-bond acceptors (Lipinski definition) is 7. The maximum Gasteiger partial charge on any atom is 0.407 e. The molecule has 2 aromatic heterocycles. The van der Waals surface area contributed by atoms with Gasteiger partial charge in [0.2, 0.25) is 11.8 Å². The number of benzene rings is 2. The van der Waals surface area contributed by atoms with Crippen molar-refractivity contribution in [1.82, 2.24) is 40.8 Å². The Bertz CT molecular complexity index is 2110. The van der Waals surface area contributed by atoms with Crippen molar-refractivity contribution in [3.63, 3.8) is 0 Å². The monoisotopic (exact) mass is 778 g/mol.